The van der Waals surface area contributed by atoms with Crippen LogP contribution in [0.5, 0.6) is 0 Å². The second-order valence-corrected chi connectivity index (χ2v) is 3.44. The molecular formula is C8H13BrO8. The van der Waals surface area contributed by atoms with Gasteiger partial charge in [0.2, 0.25) is 0 Å². The Labute approximate surface area is 105 Å². The number of aliphatic hydroxyl groups excluding tert-OH is 3. The summed E-state index contributed by atoms with van der Waals surface area (Å²) in [5.74, 6) is -0.803. The lowest BCUT2D eigenvalue weighted by Crippen LogP contribution is -2.47. The number of aldehydes is 1. The molecule has 0 saturated heterocycles. The zero-order valence-corrected chi connectivity index (χ0v) is 10.4. The van der Waals surface area contributed by atoms with Gasteiger partial charge in [-0.15, -0.1) is 0 Å². The Kier molecular flexibility index (Phi) is 8.21. The summed E-state index contributed by atoms with van der Waals surface area (Å²) in [6.45, 7) is 0.304. The van der Waals surface area contributed by atoms with Crippen molar-refractivity contribution >= 4 is 28.5 Å². The molecule has 0 aromatic heterocycles. The highest BCUT2D eigenvalue weighted by Gasteiger charge is 2.35. The summed E-state index contributed by atoms with van der Waals surface area (Å²) in [4.78, 5) is 29.6. The summed E-state index contributed by atoms with van der Waals surface area (Å²) >= 11 is 2.53. The van der Waals surface area contributed by atoms with Crippen molar-refractivity contribution in [1.29, 1.82) is 0 Å². The van der Waals surface area contributed by atoms with E-state index < -0.39 is 37.0 Å². The predicted molar refractivity (Wildman–Crippen MR) is 55.6 cm³/mol. The Morgan fingerprint density at radius 1 is 1.47 bits per heavy atom. The fraction of sp³-hybridized carbons (Fsp3) is 0.750. The lowest BCUT2D eigenvalue weighted by molar-refractivity contribution is -0.302. The molecular weight excluding hydrogens is 304 g/mol. The third-order valence-corrected chi connectivity index (χ3v) is 2.19. The van der Waals surface area contributed by atoms with Crippen LogP contribution in [0.2, 0.25) is 0 Å². The van der Waals surface area contributed by atoms with E-state index in [0.717, 1.165) is 6.92 Å². The molecule has 9 heteroatoms. The molecule has 0 aliphatic heterocycles. The van der Waals surface area contributed by atoms with E-state index in [1.165, 1.54) is 0 Å². The highest BCUT2D eigenvalue weighted by molar-refractivity contribution is 9.06. The van der Waals surface area contributed by atoms with Crippen LogP contribution in [-0.4, -0.2) is 58.6 Å². The van der Waals surface area contributed by atoms with Crippen molar-refractivity contribution in [2.45, 2.75) is 31.3 Å². The van der Waals surface area contributed by atoms with Crippen LogP contribution in [0.4, 0.5) is 0 Å². The van der Waals surface area contributed by atoms with Gasteiger partial charge in [-0.1, -0.05) is 0 Å². The number of carbonyl (C=O) groups excluding carboxylic acids is 2. The molecule has 0 fully saturated rings. The van der Waals surface area contributed by atoms with Gasteiger partial charge >= 0.3 is 5.97 Å². The molecule has 0 amide bonds. The average Bonchev–Trinajstić information content (AvgIpc) is 2.32. The molecule has 0 aliphatic carbocycles. The molecule has 0 radical (unpaired) electrons. The molecule has 0 spiro atoms. The average molecular weight is 317 g/mol. The third kappa shape index (κ3) is 5.52. The highest BCUT2D eigenvalue weighted by atomic mass is 79.9. The Balaban J connectivity index is 4.56. The van der Waals surface area contributed by atoms with Gasteiger partial charge in [-0.3, -0.25) is 8.72 Å². The quantitative estimate of drug-likeness (QED) is 0.280. The Hall–Kier alpha value is -0.580. The first-order valence-electron chi connectivity index (χ1n) is 4.51. The minimum atomic E-state index is -1.62. The van der Waals surface area contributed by atoms with Gasteiger partial charge in [0.1, 0.15) is 18.3 Å². The van der Waals surface area contributed by atoms with E-state index >= 15 is 0 Å². The zero-order chi connectivity index (χ0) is 13.4. The second-order valence-electron chi connectivity index (χ2n) is 3.07. The second kappa shape index (κ2) is 8.50. The molecule has 0 unspecified atom stereocenters. The fourth-order valence-electron chi connectivity index (χ4n) is 0.903. The first-order valence-corrected chi connectivity index (χ1v) is 5.16. The van der Waals surface area contributed by atoms with Gasteiger partial charge in [0.25, 0.3) is 0 Å². The van der Waals surface area contributed by atoms with Crippen molar-refractivity contribution in [3.8, 4) is 0 Å². The first-order chi connectivity index (χ1) is 7.97. The minimum absolute atomic E-state index is 0.210. The van der Waals surface area contributed by atoms with Crippen molar-refractivity contribution in [3.05, 3.63) is 0 Å². The molecule has 100 valence electrons. The van der Waals surface area contributed by atoms with Gasteiger partial charge in [-0.2, -0.15) is 4.89 Å². The number of hydrogen-bond donors (Lipinski definition) is 3. The van der Waals surface area contributed by atoms with Crippen LogP contribution in [0.1, 0.15) is 6.92 Å². The molecule has 0 aliphatic rings. The van der Waals surface area contributed by atoms with Crippen molar-refractivity contribution < 1.29 is 38.5 Å². The number of carbonyl (C=O) groups is 2. The molecule has 0 aromatic rings. The molecule has 0 aromatic carbocycles. The van der Waals surface area contributed by atoms with E-state index in [4.69, 9.17) is 10.2 Å². The fourth-order valence-corrected chi connectivity index (χ4v) is 1.34. The number of halogens is 1. The maximum Gasteiger partial charge on any atom is 0.339 e. The Morgan fingerprint density at radius 2 is 2.06 bits per heavy atom. The number of aliphatic hydroxyl groups is 3. The summed E-state index contributed by atoms with van der Waals surface area (Å²) < 4.78 is 4.56. The first kappa shape index (κ1) is 16.4. The Morgan fingerprint density at radius 3 is 2.41 bits per heavy atom. The van der Waals surface area contributed by atoms with Crippen LogP contribution in [-0.2, 0) is 23.2 Å². The highest BCUT2D eigenvalue weighted by Crippen LogP contribution is 2.14. The lowest BCUT2D eigenvalue weighted by Gasteiger charge is -2.26. The van der Waals surface area contributed by atoms with Crippen molar-refractivity contribution in [2.24, 2.45) is 0 Å². The van der Waals surface area contributed by atoms with Gasteiger partial charge < -0.3 is 20.1 Å². The topological polar surface area (TPSA) is 123 Å². The number of hydrogen-bond acceptors (Lipinski definition) is 8. The molecule has 4 atom stereocenters. The largest absolute Gasteiger partial charge is 0.394 e. The molecule has 3 N–H and O–H groups in total. The Bertz CT molecular complexity index is 248. The lowest BCUT2D eigenvalue weighted by atomic mass is 10.0. The van der Waals surface area contributed by atoms with Gasteiger partial charge in [-0.05, 0) is 0 Å². The normalized spacial score (nSPS) is 17.9. The monoisotopic (exact) mass is 316 g/mol. The standard InChI is InChI=1S/C8H13BrO8/c1-4(12)16-17-6(3-11)8(15-9)7(14)5(13)2-10/h3,5-8,10,13-14H,2H2,1H3/t5-,6+,7-,8-/m1/s1. The van der Waals surface area contributed by atoms with E-state index in [-0.39, 0.29) is 6.29 Å². The predicted octanol–water partition coefficient (Wildman–Crippen LogP) is -1.54. The van der Waals surface area contributed by atoms with Crippen molar-refractivity contribution in [1.82, 2.24) is 0 Å². The van der Waals surface area contributed by atoms with Crippen LogP contribution < -0.4 is 0 Å². The van der Waals surface area contributed by atoms with Gasteiger partial charge in [-0.25, -0.2) is 4.79 Å². The molecule has 8 nitrogen and oxygen atoms in total. The van der Waals surface area contributed by atoms with E-state index in [0.29, 0.717) is 0 Å². The van der Waals surface area contributed by atoms with Crippen LogP contribution in [0.3, 0.4) is 0 Å². The molecule has 0 heterocycles. The number of rotatable bonds is 8. The summed E-state index contributed by atoms with van der Waals surface area (Å²) in [6, 6.07) is 0. The van der Waals surface area contributed by atoms with Gasteiger partial charge in [0.15, 0.2) is 12.4 Å². The SMILES string of the molecule is CC(=O)OO[C@@H](C=O)[C@@H](OBr)[C@H](O)[C@H](O)CO. The van der Waals surface area contributed by atoms with Crippen LogP contribution in [0.15, 0.2) is 0 Å². The zero-order valence-electron chi connectivity index (χ0n) is 8.85. The molecule has 0 saturated carbocycles. The van der Waals surface area contributed by atoms with Crippen molar-refractivity contribution in [3.63, 3.8) is 0 Å². The van der Waals surface area contributed by atoms with Crippen molar-refractivity contribution in [2.75, 3.05) is 6.61 Å². The van der Waals surface area contributed by atoms with Gasteiger partial charge in [0, 0.05) is 6.92 Å². The third-order valence-electron chi connectivity index (χ3n) is 1.76. The van der Waals surface area contributed by atoms with E-state index in [1.807, 2.05) is 0 Å². The molecule has 0 bridgehead atoms. The van der Waals surface area contributed by atoms with Crippen LogP contribution >= 0.6 is 16.3 Å². The van der Waals surface area contributed by atoms with E-state index in [2.05, 4.69) is 29.9 Å². The van der Waals surface area contributed by atoms with E-state index in [1.54, 1.807) is 0 Å². The summed E-state index contributed by atoms with van der Waals surface area (Å²) in [6.07, 6.45) is -5.78. The molecule has 0 rings (SSSR count). The molecule has 17 heavy (non-hydrogen) atoms. The summed E-state index contributed by atoms with van der Waals surface area (Å²) in [5, 5.41) is 27.3. The van der Waals surface area contributed by atoms with E-state index in [9.17, 15) is 14.7 Å². The maximum atomic E-state index is 10.7. The smallest absolute Gasteiger partial charge is 0.339 e. The van der Waals surface area contributed by atoms with Gasteiger partial charge in [0.05, 0.1) is 22.9 Å². The maximum absolute atomic E-state index is 10.7. The van der Waals surface area contributed by atoms with Crippen LogP contribution in [0, 0.1) is 0 Å². The summed E-state index contributed by atoms with van der Waals surface area (Å²) in [5.41, 5.74) is 0. The minimum Gasteiger partial charge on any atom is -0.394 e. The van der Waals surface area contributed by atoms with Crippen LogP contribution in [0.25, 0.3) is 0 Å². The summed E-state index contributed by atoms with van der Waals surface area (Å²) in [7, 11) is 0.